The molecule has 204 valence electrons. The van der Waals surface area contributed by atoms with Gasteiger partial charge in [0.2, 0.25) is 5.91 Å². The quantitative estimate of drug-likeness (QED) is 0.294. The van der Waals surface area contributed by atoms with Crippen LogP contribution in [0.25, 0.3) is 0 Å². The van der Waals surface area contributed by atoms with E-state index < -0.39 is 41.6 Å². The third-order valence-corrected chi connectivity index (χ3v) is 6.23. The third-order valence-electron chi connectivity index (χ3n) is 6.23. The van der Waals surface area contributed by atoms with Crippen molar-refractivity contribution in [2.24, 2.45) is 5.92 Å². The number of aromatic carboxylic acids is 2. The molecule has 3 aromatic rings. The number of carboxylic acid groups (broad SMARTS) is 2. The van der Waals surface area contributed by atoms with Gasteiger partial charge in [-0.1, -0.05) is 26.0 Å². The summed E-state index contributed by atoms with van der Waals surface area (Å²) in [5.74, 6) is -4.98. The molecule has 0 spiro atoms. The fourth-order valence-electron chi connectivity index (χ4n) is 4.35. The summed E-state index contributed by atoms with van der Waals surface area (Å²) in [4.78, 5) is 75.6. The molecule has 1 aliphatic rings. The first-order valence-corrected chi connectivity index (χ1v) is 12.3. The zero-order valence-corrected chi connectivity index (χ0v) is 21.5. The molecular weight excluding hydrogens is 518 g/mol. The molecule has 11 heteroatoms. The van der Waals surface area contributed by atoms with Gasteiger partial charge in [-0.05, 0) is 66.9 Å². The van der Waals surface area contributed by atoms with Crippen LogP contribution in [-0.4, -0.2) is 56.7 Å². The van der Waals surface area contributed by atoms with Crippen LogP contribution in [0.1, 0.15) is 72.1 Å². The van der Waals surface area contributed by atoms with E-state index in [2.05, 4.69) is 10.6 Å². The Bertz CT molecular complexity index is 1480. The van der Waals surface area contributed by atoms with E-state index in [0.717, 1.165) is 23.1 Å². The van der Waals surface area contributed by atoms with Crippen LogP contribution in [0.5, 0.6) is 0 Å². The lowest BCUT2D eigenvalue weighted by Gasteiger charge is -2.26. The van der Waals surface area contributed by atoms with Crippen LogP contribution in [0.4, 0.5) is 11.4 Å². The molecule has 4 rings (SSSR count). The Hall–Kier alpha value is -5.32. The Morgan fingerprint density at radius 2 is 1.25 bits per heavy atom. The molecule has 0 saturated carbocycles. The van der Waals surface area contributed by atoms with Crippen molar-refractivity contribution in [2.45, 2.75) is 26.3 Å². The predicted octanol–water partition coefficient (Wildman–Crippen LogP) is 3.98. The molecule has 11 nitrogen and oxygen atoms in total. The second kappa shape index (κ2) is 11.2. The number of carbonyl (C=O) groups is 6. The first kappa shape index (κ1) is 27.7. The number of fused-ring (bicyclic) bond motifs is 1. The molecule has 0 saturated heterocycles. The number of hydrogen-bond donors (Lipinski definition) is 4. The number of anilines is 2. The van der Waals surface area contributed by atoms with E-state index in [1.165, 1.54) is 24.3 Å². The molecule has 1 aliphatic heterocycles. The molecule has 4 amide bonds. The van der Waals surface area contributed by atoms with Crippen molar-refractivity contribution in [3.63, 3.8) is 0 Å². The number of carboxylic acids is 2. The summed E-state index contributed by atoms with van der Waals surface area (Å²) >= 11 is 0. The molecule has 40 heavy (non-hydrogen) atoms. The van der Waals surface area contributed by atoms with Gasteiger partial charge >= 0.3 is 11.9 Å². The minimum Gasteiger partial charge on any atom is -0.478 e. The number of carbonyl (C=O) groups excluding carboxylic acids is 4. The predicted molar refractivity (Wildman–Crippen MR) is 144 cm³/mol. The second-order valence-corrected chi connectivity index (χ2v) is 9.60. The number of nitrogens with zero attached hydrogens (tertiary/aromatic N) is 1. The normalized spacial score (nSPS) is 13.1. The summed E-state index contributed by atoms with van der Waals surface area (Å²) in [5, 5.41) is 23.6. The Kier molecular flexibility index (Phi) is 7.76. The Morgan fingerprint density at radius 3 is 1.73 bits per heavy atom. The number of amides is 4. The van der Waals surface area contributed by atoms with Crippen molar-refractivity contribution >= 4 is 46.9 Å². The minimum atomic E-state index is -1.35. The van der Waals surface area contributed by atoms with Crippen molar-refractivity contribution in [1.29, 1.82) is 0 Å². The average molecular weight is 544 g/mol. The highest BCUT2D eigenvalue weighted by molar-refractivity contribution is 6.23. The largest absolute Gasteiger partial charge is 0.478 e. The van der Waals surface area contributed by atoms with Gasteiger partial charge in [0.05, 0.1) is 22.3 Å². The topological polar surface area (TPSA) is 170 Å². The standard InChI is InChI=1S/C29H25N3O8/c1-15(2)11-23(32-26(35)21-5-3-4-6-22(21)27(32)36)25(34)30-19-9-7-16(8-10-19)24(33)31-20-13-17(28(37)38)12-18(14-20)29(39)40/h3-10,12-15,23H,11H2,1-2H3,(H,30,34)(H,31,33)(H,37,38)(H,39,40)/t23-/m0/s1. The Labute approximate surface area is 228 Å². The molecule has 0 aromatic heterocycles. The highest BCUT2D eigenvalue weighted by atomic mass is 16.4. The Morgan fingerprint density at radius 1 is 0.725 bits per heavy atom. The molecule has 1 atom stereocenters. The van der Waals surface area contributed by atoms with Crippen molar-refractivity contribution in [1.82, 2.24) is 4.90 Å². The first-order valence-electron chi connectivity index (χ1n) is 12.3. The highest BCUT2D eigenvalue weighted by Gasteiger charge is 2.42. The van der Waals surface area contributed by atoms with Crippen LogP contribution in [0.15, 0.2) is 66.7 Å². The number of benzene rings is 3. The van der Waals surface area contributed by atoms with Crippen LogP contribution in [0.2, 0.25) is 0 Å². The maximum atomic E-state index is 13.3. The van der Waals surface area contributed by atoms with E-state index in [9.17, 15) is 39.0 Å². The van der Waals surface area contributed by atoms with Gasteiger partial charge in [-0.25, -0.2) is 9.59 Å². The zero-order chi connectivity index (χ0) is 29.1. The summed E-state index contributed by atoms with van der Waals surface area (Å²) in [6, 6.07) is 14.3. The third kappa shape index (κ3) is 5.73. The van der Waals surface area contributed by atoms with Crippen LogP contribution >= 0.6 is 0 Å². The molecule has 3 aromatic carbocycles. The fourth-order valence-corrected chi connectivity index (χ4v) is 4.35. The summed E-state index contributed by atoms with van der Waals surface area (Å²) in [5.41, 5.74) is 0.326. The number of hydrogen-bond acceptors (Lipinski definition) is 6. The van der Waals surface area contributed by atoms with Gasteiger partial charge in [-0.3, -0.25) is 24.1 Å². The molecule has 1 heterocycles. The molecule has 0 aliphatic carbocycles. The maximum absolute atomic E-state index is 13.3. The van der Waals surface area contributed by atoms with Crippen LogP contribution in [-0.2, 0) is 4.79 Å². The van der Waals surface area contributed by atoms with E-state index in [1.54, 1.807) is 24.3 Å². The van der Waals surface area contributed by atoms with E-state index in [0.29, 0.717) is 5.69 Å². The summed E-state index contributed by atoms with van der Waals surface area (Å²) in [6.07, 6.45) is 0.242. The number of rotatable bonds is 9. The number of nitrogens with one attached hydrogen (secondary N) is 2. The minimum absolute atomic E-state index is 0.00703. The summed E-state index contributed by atoms with van der Waals surface area (Å²) < 4.78 is 0. The van der Waals surface area contributed by atoms with Gasteiger partial charge in [0.15, 0.2) is 0 Å². The van der Waals surface area contributed by atoms with Gasteiger partial charge in [-0.2, -0.15) is 0 Å². The smallest absolute Gasteiger partial charge is 0.335 e. The molecule has 0 bridgehead atoms. The molecule has 0 unspecified atom stereocenters. The first-order chi connectivity index (χ1) is 19.0. The molecule has 0 fully saturated rings. The van der Waals surface area contributed by atoms with Gasteiger partial charge in [0.25, 0.3) is 17.7 Å². The lowest BCUT2D eigenvalue weighted by atomic mass is 10.0. The van der Waals surface area contributed by atoms with Gasteiger partial charge < -0.3 is 20.8 Å². The SMILES string of the molecule is CC(C)C[C@@H](C(=O)Nc1ccc(C(=O)Nc2cc(C(=O)O)cc(C(=O)O)c2)cc1)N1C(=O)c2ccccc2C1=O. The summed E-state index contributed by atoms with van der Waals surface area (Å²) in [7, 11) is 0. The van der Waals surface area contributed by atoms with Gasteiger partial charge in [-0.15, -0.1) is 0 Å². The fraction of sp³-hybridized carbons (Fsp3) is 0.172. The summed E-state index contributed by atoms with van der Waals surface area (Å²) in [6.45, 7) is 3.74. The lowest BCUT2D eigenvalue weighted by molar-refractivity contribution is -0.120. The Balaban J connectivity index is 1.49. The van der Waals surface area contributed by atoms with Crippen molar-refractivity contribution < 1.29 is 39.0 Å². The van der Waals surface area contributed by atoms with E-state index in [1.807, 2.05) is 13.8 Å². The zero-order valence-electron chi connectivity index (χ0n) is 21.5. The van der Waals surface area contributed by atoms with E-state index in [-0.39, 0.29) is 45.8 Å². The number of imide groups is 1. The van der Waals surface area contributed by atoms with Crippen LogP contribution in [0, 0.1) is 5.92 Å². The maximum Gasteiger partial charge on any atom is 0.335 e. The van der Waals surface area contributed by atoms with Gasteiger partial charge in [0, 0.05) is 16.9 Å². The van der Waals surface area contributed by atoms with Crippen LogP contribution < -0.4 is 10.6 Å². The molecule has 4 N–H and O–H groups in total. The second-order valence-electron chi connectivity index (χ2n) is 9.60. The van der Waals surface area contributed by atoms with Gasteiger partial charge in [0.1, 0.15) is 6.04 Å². The lowest BCUT2D eigenvalue weighted by Crippen LogP contribution is -2.47. The van der Waals surface area contributed by atoms with Crippen molar-refractivity contribution in [3.05, 3.63) is 94.5 Å². The highest BCUT2D eigenvalue weighted by Crippen LogP contribution is 2.28. The van der Waals surface area contributed by atoms with E-state index in [4.69, 9.17) is 0 Å². The van der Waals surface area contributed by atoms with E-state index >= 15 is 0 Å². The molecular formula is C29H25N3O8. The van der Waals surface area contributed by atoms with Crippen molar-refractivity contribution in [3.8, 4) is 0 Å². The monoisotopic (exact) mass is 543 g/mol. The van der Waals surface area contributed by atoms with Crippen LogP contribution in [0.3, 0.4) is 0 Å². The molecule has 0 radical (unpaired) electrons. The average Bonchev–Trinajstić information content (AvgIpc) is 3.16. The van der Waals surface area contributed by atoms with Crippen molar-refractivity contribution in [2.75, 3.05) is 10.6 Å².